The highest BCUT2D eigenvalue weighted by atomic mass is 16.4. The molecule has 0 aromatic carbocycles. The third-order valence-electron chi connectivity index (χ3n) is 3.97. The van der Waals surface area contributed by atoms with Crippen LogP contribution in [0, 0.1) is 0 Å². The maximum absolute atomic E-state index is 10.3. The molecule has 0 aliphatic heterocycles. The van der Waals surface area contributed by atoms with Crippen molar-refractivity contribution in [2.75, 3.05) is 0 Å². The summed E-state index contributed by atoms with van der Waals surface area (Å²) in [6.07, 6.45) is 22.1. The van der Waals surface area contributed by atoms with Crippen LogP contribution in [0.15, 0.2) is 24.8 Å². The molecule has 0 atom stereocenters. The van der Waals surface area contributed by atoms with Gasteiger partial charge in [0.25, 0.3) is 0 Å². The van der Waals surface area contributed by atoms with Gasteiger partial charge in [-0.3, -0.25) is 4.79 Å². The van der Waals surface area contributed by atoms with E-state index in [-0.39, 0.29) is 0 Å². The fourth-order valence-corrected chi connectivity index (χ4v) is 2.55. The Balaban J connectivity index is 0.000000728. The van der Waals surface area contributed by atoms with Crippen molar-refractivity contribution in [3.05, 3.63) is 24.8 Å². The van der Waals surface area contributed by atoms with Gasteiger partial charge in [0, 0.05) is 18.8 Å². The third-order valence-corrected chi connectivity index (χ3v) is 3.97. The molecule has 1 aromatic rings. The van der Waals surface area contributed by atoms with E-state index in [4.69, 9.17) is 5.11 Å². The van der Waals surface area contributed by atoms with Gasteiger partial charge in [0.15, 0.2) is 0 Å². The lowest BCUT2D eigenvalue weighted by atomic mass is 10.0. The molecule has 1 rings (SSSR count). The minimum atomic E-state index is -0.655. The van der Waals surface area contributed by atoms with Gasteiger partial charge in [-0.25, -0.2) is 9.97 Å². The monoisotopic (exact) mass is 336 g/mol. The van der Waals surface area contributed by atoms with Gasteiger partial charge in [0.05, 0.1) is 0 Å². The van der Waals surface area contributed by atoms with Crippen LogP contribution in [0.5, 0.6) is 0 Å². The largest absolute Gasteiger partial charge is 0.481 e. The average molecular weight is 337 g/mol. The van der Waals surface area contributed by atoms with Gasteiger partial charge in [0.2, 0.25) is 0 Å². The summed E-state index contributed by atoms with van der Waals surface area (Å²) in [5.41, 5.74) is 0. The van der Waals surface area contributed by atoms with Gasteiger partial charge < -0.3 is 5.11 Å². The van der Waals surface area contributed by atoms with E-state index in [1.54, 1.807) is 18.5 Å². The van der Waals surface area contributed by atoms with E-state index < -0.39 is 5.97 Å². The fraction of sp³-hybridized carbons (Fsp3) is 0.750. The van der Waals surface area contributed by atoms with Crippen LogP contribution in [0.4, 0.5) is 0 Å². The minimum Gasteiger partial charge on any atom is -0.481 e. The van der Waals surface area contributed by atoms with Gasteiger partial charge in [-0.1, -0.05) is 84.0 Å². The lowest BCUT2D eigenvalue weighted by Crippen LogP contribution is -1.93. The van der Waals surface area contributed by atoms with Gasteiger partial charge in [0.1, 0.15) is 6.33 Å². The first-order valence-corrected chi connectivity index (χ1v) is 9.69. The average Bonchev–Trinajstić information content (AvgIpc) is 2.61. The van der Waals surface area contributed by atoms with Crippen LogP contribution >= 0.6 is 0 Å². The number of aromatic nitrogens is 2. The normalized spacial score (nSPS) is 10.0. The number of carbonyl (C=O) groups is 1. The second-order valence-electron chi connectivity index (χ2n) is 6.29. The Kier molecular flexibility index (Phi) is 18.4. The van der Waals surface area contributed by atoms with Crippen LogP contribution in [0.1, 0.15) is 96.8 Å². The molecule has 24 heavy (non-hydrogen) atoms. The Morgan fingerprint density at radius 2 is 1.17 bits per heavy atom. The summed E-state index contributed by atoms with van der Waals surface area (Å²) in [6.45, 7) is 2.26. The number of aliphatic carboxylic acids is 1. The first kappa shape index (κ1) is 22.6. The Hall–Kier alpha value is -1.45. The zero-order valence-corrected chi connectivity index (χ0v) is 15.5. The number of unbranched alkanes of at least 4 members (excludes halogenated alkanes) is 12. The highest BCUT2D eigenvalue weighted by Crippen LogP contribution is 2.12. The highest BCUT2D eigenvalue weighted by molar-refractivity contribution is 5.66. The second kappa shape index (κ2) is 19.6. The minimum absolute atomic E-state index is 0.345. The molecule has 4 heteroatoms. The summed E-state index contributed by atoms with van der Waals surface area (Å²) >= 11 is 0. The molecule has 0 saturated carbocycles. The van der Waals surface area contributed by atoms with Crippen LogP contribution in [-0.4, -0.2) is 21.0 Å². The summed E-state index contributed by atoms with van der Waals surface area (Å²) < 4.78 is 0. The lowest BCUT2D eigenvalue weighted by Gasteiger charge is -2.02. The van der Waals surface area contributed by atoms with Crippen molar-refractivity contribution in [3.63, 3.8) is 0 Å². The van der Waals surface area contributed by atoms with E-state index in [1.807, 2.05) is 0 Å². The fourth-order valence-electron chi connectivity index (χ4n) is 2.55. The molecular formula is C20H36N2O2. The smallest absolute Gasteiger partial charge is 0.303 e. The standard InChI is InChI=1S/C16H32O2.C4H4N2/c1-2-3-4-5-6-7-8-9-10-11-12-13-14-15-16(17)18;1-2-5-4-6-3-1/h2-15H2,1H3,(H,17,18);1-4H. The summed E-state index contributed by atoms with van der Waals surface area (Å²) in [7, 11) is 0. The molecule has 1 N–H and O–H groups in total. The molecule has 0 fully saturated rings. The number of hydrogen-bond donors (Lipinski definition) is 1. The molecule has 138 valence electrons. The molecule has 0 radical (unpaired) electrons. The Morgan fingerprint density at radius 3 is 1.46 bits per heavy atom. The first-order chi connectivity index (χ1) is 11.8. The Morgan fingerprint density at radius 1 is 0.750 bits per heavy atom. The Bertz CT molecular complexity index is 331. The van der Waals surface area contributed by atoms with E-state index in [2.05, 4.69) is 16.9 Å². The van der Waals surface area contributed by atoms with Crippen LogP contribution in [-0.2, 0) is 4.79 Å². The number of rotatable bonds is 14. The maximum atomic E-state index is 10.3. The van der Waals surface area contributed by atoms with Crippen LogP contribution in [0.2, 0.25) is 0 Å². The molecule has 0 bridgehead atoms. The number of hydrogen-bond acceptors (Lipinski definition) is 3. The molecule has 0 aliphatic rings. The number of nitrogens with zero attached hydrogens (tertiary/aromatic N) is 2. The van der Waals surface area contributed by atoms with Crippen molar-refractivity contribution in [1.82, 2.24) is 9.97 Å². The van der Waals surface area contributed by atoms with Crippen LogP contribution in [0.25, 0.3) is 0 Å². The molecule has 1 aromatic heterocycles. The van der Waals surface area contributed by atoms with Crippen molar-refractivity contribution >= 4 is 5.97 Å². The van der Waals surface area contributed by atoms with Gasteiger partial charge in [-0.2, -0.15) is 0 Å². The predicted octanol–water partition coefficient (Wildman–Crippen LogP) is 6.03. The van der Waals surface area contributed by atoms with Crippen molar-refractivity contribution in [2.24, 2.45) is 0 Å². The van der Waals surface area contributed by atoms with E-state index in [0.29, 0.717) is 6.42 Å². The van der Waals surface area contributed by atoms with Crippen molar-refractivity contribution < 1.29 is 9.90 Å². The molecule has 0 unspecified atom stereocenters. The maximum Gasteiger partial charge on any atom is 0.303 e. The van der Waals surface area contributed by atoms with E-state index in [0.717, 1.165) is 12.8 Å². The first-order valence-electron chi connectivity index (χ1n) is 9.69. The van der Waals surface area contributed by atoms with Gasteiger partial charge in [-0.15, -0.1) is 0 Å². The predicted molar refractivity (Wildman–Crippen MR) is 100.0 cm³/mol. The van der Waals surface area contributed by atoms with Crippen LogP contribution in [0.3, 0.4) is 0 Å². The topological polar surface area (TPSA) is 63.1 Å². The SMILES string of the molecule is CCCCCCCCCCCCCCCC(=O)O.c1cncnc1. The van der Waals surface area contributed by atoms with Gasteiger partial charge in [-0.05, 0) is 12.5 Å². The van der Waals surface area contributed by atoms with Crippen molar-refractivity contribution in [2.45, 2.75) is 96.8 Å². The molecule has 0 saturated heterocycles. The summed E-state index contributed by atoms with van der Waals surface area (Å²) in [4.78, 5) is 17.6. The van der Waals surface area contributed by atoms with E-state index in [9.17, 15) is 4.79 Å². The highest BCUT2D eigenvalue weighted by Gasteiger charge is 1.96. The molecule has 4 nitrogen and oxygen atoms in total. The van der Waals surface area contributed by atoms with Gasteiger partial charge >= 0.3 is 5.97 Å². The van der Waals surface area contributed by atoms with Crippen molar-refractivity contribution in [1.29, 1.82) is 0 Å². The van der Waals surface area contributed by atoms with E-state index in [1.165, 1.54) is 77.0 Å². The lowest BCUT2D eigenvalue weighted by molar-refractivity contribution is -0.137. The summed E-state index contributed by atoms with van der Waals surface area (Å²) in [6, 6.07) is 1.78. The zero-order valence-electron chi connectivity index (χ0n) is 15.5. The van der Waals surface area contributed by atoms with Crippen LogP contribution < -0.4 is 0 Å². The van der Waals surface area contributed by atoms with Crippen molar-refractivity contribution in [3.8, 4) is 0 Å². The number of carboxylic acid groups (broad SMARTS) is 1. The summed E-state index contributed by atoms with van der Waals surface area (Å²) in [5, 5.41) is 8.49. The second-order valence-corrected chi connectivity index (χ2v) is 6.29. The quantitative estimate of drug-likeness (QED) is 0.421. The molecule has 1 heterocycles. The third kappa shape index (κ3) is 20.6. The van der Waals surface area contributed by atoms with E-state index >= 15 is 0 Å². The molecular weight excluding hydrogens is 300 g/mol. The molecule has 0 aliphatic carbocycles. The molecule has 0 amide bonds. The zero-order chi connectivity index (χ0) is 17.7. The Labute approximate surface area is 148 Å². The summed E-state index contributed by atoms with van der Waals surface area (Å²) in [5.74, 6) is -0.655. The number of carboxylic acids is 1. The molecule has 0 spiro atoms.